The lowest BCUT2D eigenvalue weighted by atomic mass is 9.79. The Bertz CT molecular complexity index is 1160. The fourth-order valence-corrected chi connectivity index (χ4v) is 5.52. The highest BCUT2D eigenvalue weighted by Gasteiger charge is 2.25. The van der Waals surface area contributed by atoms with Gasteiger partial charge in [0.2, 0.25) is 0 Å². The maximum atomic E-state index is 3.11. The second kappa shape index (κ2) is 10.2. The summed E-state index contributed by atoms with van der Waals surface area (Å²) in [5.74, 6) is 0.335. The van der Waals surface area contributed by atoms with Crippen molar-refractivity contribution in [3.05, 3.63) is 172 Å². The van der Waals surface area contributed by atoms with Gasteiger partial charge in [0.1, 0.15) is 0 Å². The molecule has 0 fully saturated rings. The van der Waals surface area contributed by atoms with Crippen LogP contribution in [0.3, 0.4) is 0 Å². The molecular weight excluding hydrogens is 427 g/mol. The van der Waals surface area contributed by atoms with Gasteiger partial charge in [-0.15, -0.1) is 9.24 Å². The highest BCUT2D eigenvalue weighted by atomic mass is 31.0. The van der Waals surface area contributed by atoms with E-state index in [0.717, 1.165) is 0 Å². The van der Waals surface area contributed by atoms with E-state index in [9.17, 15) is 0 Å². The fraction of sp³-hybridized carbons (Fsp3) is 0.0909. The first-order valence-electron chi connectivity index (χ1n) is 11.8. The van der Waals surface area contributed by atoms with Gasteiger partial charge in [-0.3, -0.25) is 0 Å². The summed E-state index contributed by atoms with van der Waals surface area (Å²) in [4.78, 5) is 0. The monoisotopic (exact) mass is 456 g/mol. The van der Waals surface area contributed by atoms with Crippen LogP contribution in [-0.4, -0.2) is 0 Å². The van der Waals surface area contributed by atoms with E-state index >= 15 is 0 Å². The summed E-state index contributed by atoms with van der Waals surface area (Å²) in [6.07, 6.45) is 0. The van der Waals surface area contributed by atoms with Gasteiger partial charge in [0.25, 0.3) is 0 Å². The molecule has 0 aliphatic carbocycles. The van der Waals surface area contributed by atoms with Crippen molar-refractivity contribution in [2.24, 2.45) is 0 Å². The zero-order chi connectivity index (χ0) is 23.3. The van der Waals surface area contributed by atoms with Gasteiger partial charge in [-0.05, 0) is 45.6 Å². The van der Waals surface area contributed by atoms with Crippen LogP contribution in [0.2, 0.25) is 0 Å². The predicted molar refractivity (Wildman–Crippen MR) is 148 cm³/mol. The third-order valence-corrected chi connectivity index (χ3v) is 7.21. The van der Waals surface area contributed by atoms with Gasteiger partial charge in [-0.25, -0.2) is 0 Å². The molecule has 5 rings (SSSR count). The Hall–Kier alpha value is -3.47. The van der Waals surface area contributed by atoms with Crippen molar-refractivity contribution in [2.75, 3.05) is 0 Å². The second-order valence-electron chi connectivity index (χ2n) is 8.87. The van der Waals surface area contributed by atoms with Gasteiger partial charge in [0.05, 0.1) is 0 Å². The van der Waals surface area contributed by atoms with Crippen LogP contribution in [-0.2, 0) is 0 Å². The molecule has 1 heteroatoms. The molecule has 0 spiro atoms. The molecule has 5 aromatic carbocycles. The SMILES string of the molecule is Cc1cc(C(c2ccccc2)c2ccccc2)c(P)c(C(c2ccccc2)c2ccccc2)c1. The summed E-state index contributed by atoms with van der Waals surface area (Å²) in [5.41, 5.74) is 9.21. The van der Waals surface area contributed by atoms with Crippen molar-refractivity contribution in [3.8, 4) is 0 Å². The summed E-state index contributed by atoms with van der Waals surface area (Å²) in [6.45, 7) is 2.22. The van der Waals surface area contributed by atoms with Gasteiger partial charge in [0, 0.05) is 11.8 Å². The fourth-order valence-electron chi connectivity index (χ4n) is 5.02. The van der Waals surface area contributed by atoms with Crippen LogP contribution in [0.4, 0.5) is 0 Å². The largest absolute Gasteiger partial charge is 0.105 e. The van der Waals surface area contributed by atoms with Gasteiger partial charge < -0.3 is 0 Å². The summed E-state index contributed by atoms with van der Waals surface area (Å²) in [7, 11) is 3.11. The van der Waals surface area contributed by atoms with Crippen molar-refractivity contribution in [1.29, 1.82) is 0 Å². The zero-order valence-electron chi connectivity index (χ0n) is 19.4. The maximum Gasteiger partial charge on any atom is 0.0346 e. The third kappa shape index (κ3) is 4.60. The van der Waals surface area contributed by atoms with Crippen LogP contribution >= 0.6 is 9.24 Å². The minimum Gasteiger partial charge on any atom is -0.105 e. The highest BCUT2D eigenvalue weighted by molar-refractivity contribution is 7.27. The normalized spacial score (nSPS) is 11.2. The molecule has 0 amide bonds. The van der Waals surface area contributed by atoms with Crippen LogP contribution in [0.15, 0.2) is 133 Å². The number of benzene rings is 5. The standard InChI is InChI=1S/C33H29P/c1-24-22-29(31(25-14-6-2-7-15-25)26-16-8-3-9-17-26)33(34)30(23-24)32(27-18-10-4-11-19-27)28-20-12-5-13-21-28/h2-23,31-32H,34H2,1H3. The minimum atomic E-state index is 0.167. The lowest BCUT2D eigenvalue weighted by Gasteiger charge is -2.27. The first-order valence-corrected chi connectivity index (χ1v) is 12.4. The minimum absolute atomic E-state index is 0.167. The van der Waals surface area contributed by atoms with Crippen molar-refractivity contribution < 1.29 is 0 Å². The van der Waals surface area contributed by atoms with Crippen LogP contribution in [0.25, 0.3) is 0 Å². The Morgan fingerprint density at radius 2 is 0.706 bits per heavy atom. The first kappa shape index (κ1) is 22.3. The van der Waals surface area contributed by atoms with E-state index < -0.39 is 0 Å². The molecule has 0 heterocycles. The third-order valence-electron chi connectivity index (χ3n) is 6.54. The maximum absolute atomic E-state index is 3.11. The molecule has 0 saturated carbocycles. The number of rotatable bonds is 6. The molecule has 0 aromatic heterocycles. The Kier molecular flexibility index (Phi) is 6.70. The van der Waals surface area contributed by atoms with E-state index in [1.807, 2.05) is 0 Å². The highest BCUT2D eigenvalue weighted by Crippen LogP contribution is 2.37. The van der Waals surface area contributed by atoms with E-state index in [1.165, 1.54) is 44.2 Å². The Morgan fingerprint density at radius 3 is 0.971 bits per heavy atom. The molecule has 0 saturated heterocycles. The summed E-state index contributed by atoms with van der Waals surface area (Å²) in [6, 6.07) is 48.2. The summed E-state index contributed by atoms with van der Waals surface area (Å²) >= 11 is 0. The molecule has 0 aliphatic heterocycles. The van der Waals surface area contributed by atoms with E-state index in [4.69, 9.17) is 0 Å². The topological polar surface area (TPSA) is 0 Å². The Labute approximate surface area is 205 Å². The van der Waals surface area contributed by atoms with Crippen molar-refractivity contribution in [3.63, 3.8) is 0 Å². The Morgan fingerprint density at radius 1 is 0.441 bits per heavy atom. The predicted octanol–water partition coefficient (Wildman–Crippen LogP) is 7.86. The van der Waals surface area contributed by atoms with E-state index in [0.29, 0.717) is 0 Å². The number of hydrogen-bond donors (Lipinski definition) is 0. The average Bonchev–Trinajstić information content (AvgIpc) is 2.89. The number of hydrogen-bond acceptors (Lipinski definition) is 0. The molecular formula is C33H29P. The van der Waals surface area contributed by atoms with Gasteiger partial charge in [-0.2, -0.15) is 0 Å². The molecule has 1 atom stereocenters. The van der Waals surface area contributed by atoms with Gasteiger partial charge in [0.15, 0.2) is 0 Å². The lowest BCUT2D eigenvalue weighted by molar-refractivity contribution is 0.950. The van der Waals surface area contributed by atoms with Crippen LogP contribution in [0.5, 0.6) is 0 Å². The van der Waals surface area contributed by atoms with Crippen molar-refractivity contribution >= 4 is 14.5 Å². The molecule has 0 N–H and O–H groups in total. The van der Waals surface area contributed by atoms with Gasteiger partial charge >= 0.3 is 0 Å². The lowest BCUT2D eigenvalue weighted by Crippen LogP contribution is -2.19. The second-order valence-corrected chi connectivity index (χ2v) is 9.44. The van der Waals surface area contributed by atoms with Crippen LogP contribution < -0.4 is 5.30 Å². The van der Waals surface area contributed by atoms with E-state index in [-0.39, 0.29) is 11.8 Å². The molecule has 0 aliphatic rings. The zero-order valence-corrected chi connectivity index (χ0v) is 20.6. The van der Waals surface area contributed by atoms with E-state index in [1.54, 1.807) is 0 Å². The molecule has 34 heavy (non-hydrogen) atoms. The Balaban J connectivity index is 1.75. The first-order chi connectivity index (χ1) is 16.7. The quantitative estimate of drug-likeness (QED) is 0.180. The van der Waals surface area contributed by atoms with E-state index in [2.05, 4.69) is 150 Å². The van der Waals surface area contributed by atoms with Crippen LogP contribution in [0.1, 0.15) is 50.8 Å². The molecule has 5 aromatic rings. The van der Waals surface area contributed by atoms with Crippen molar-refractivity contribution in [2.45, 2.75) is 18.8 Å². The molecule has 166 valence electrons. The molecule has 0 radical (unpaired) electrons. The summed E-state index contributed by atoms with van der Waals surface area (Å²) < 4.78 is 0. The molecule has 1 unspecified atom stereocenters. The molecule has 0 nitrogen and oxygen atoms in total. The summed E-state index contributed by atoms with van der Waals surface area (Å²) in [5, 5.41) is 1.28. The van der Waals surface area contributed by atoms with Gasteiger partial charge in [-0.1, -0.05) is 139 Å². The smallest absolute Gasteiger partial charge is 0.0346 e. The molecule has 0 bridgehead atoms. The number of aryl methyl sites for hydroxylation is 1. The van der Waals surface area contributed by atoms with Crippen molar-refractivity contribution in [1.82, 2.24) is 0 Å². The average molecular weight is 457 g/mol. The van der Waals surface area contributed by atoms with Crippen LogP contribution in [0, 0.1) is 6.92 Å².